The highest BCUT2D eigenvalue weighted by molar-refractivity contribution is 6.32. The van der Waals surface area contributed by atoms with E-state index in [0.717, 1.165) is 11.1 Å². The van der Waals surface area contributed by atoms with Crippen molar-refractivity contribution in [3.05, 3.63) is 58.5 Å². The zero-order valence-electron chi connectivity index (χ0n) is 15.9. The first-order chi connectivity index (χ1) is 13.2. The molecule has 1 amide bonds. The normalized spacial score (nSPS) is 11.4. The first-order valence-electron chi connectivity index (χ1n) is 8.72. The molecule has 0 saturated heterocycles. The molecule has 7 nitrogen and oxygen atoms in total. The highest BCUT2D eigenvalue weighted by Gasteiger charge is 2.22. The number of primary amides is 1. The van der Waals surface area contributed by atoms with Gasteiger partial charge in [0.15, 0.2) is 5.82 Å². The molecule has 0 unspecified atom stereocenters. The highest BCUT2D eigenvalue weighted by atomic mass is 35.5. The SMILES string of the molecule is CC(C)(C)c1noc(-c2cnc(OCc3ccccc3CC(N)=O)c(Cl)c2)n1. The molecule has 3 rings (SSSR count). The molecule has 0 radical (unpaired) electrons. The van der Waals surface area contributed by atoms with Crippen LogP contribution in [0.2, 0.25) is 5.02 Å². The third kappa shape index (κ3) is 4.67. The summed E-state index contributed by atoms with van der Waals surface area (Å²) >= 11 is 6.31. The maximum Gasteiger partial charge on any atom is 0.259 e. The molecule has 0 atom stereocenters. The van der Waals surface area contributed by atoms with Crippen molar-refractivity contribution in [3.8, 4) is 17.3 Å². The minimum Gasteiger partial charge on any atom is -0.472 e. The van der Waals surface area contributed by atoms with Gasteiger partial charge in [0.25, 0.3) is 5.89 Å². The monoisotopic (exact) mass is 400 g/mol. The molecule has 0 spiro atoms. The Morgan fingerprint density at radius 2 is 1.96 bits per heavy atom. The summed E-state index contributed by atoms with van der Waals surface area (Å²) in [6, 6.07) is 9.08. The van der Waals surface area contributed by atoms with Crippen molar-refractivity contribution in [2.45, 2.75) is 39.2 Å². The number of carbonyl (C=O) groups is 1. The minimum atomic E-state index is -0.401. The Kier molecular flexibility index (Phi) is 5.65. The number of hydrogen-bond acceptors (Lipinski definition) is 6. The van der Waals surface area contributed by atoms with E-state index in [1.54, 1.807) is 12.3 Å². The Hall–Kier alpha value is -2.93. The van der Waals surface area contributed by atoms with Gasteiger partial charge in [-0.1, -0.05) is 61.8 Å². The summed E-state index contributed by atoms with van der Waals surface area (Å²) in [4.78, 5) is 19.9. The van der Waals surface area contributed by atoms with Crippen LogP contribution in [0.1, 0.15) is 37.7 Å². The van der Waals surface area contributed by atoms with Crippen LogP contribution in [0, 0.1) is 0 Å². The number of ether oxygens (including phenoxy) is 1. The number of nitrogens with two attached hydrogens (primary N) is 1. The average Bonchev–Trinajstić information content (AvgIpc) is 3.12. The number of halogens is 1. The van der Waals surface area contributed by atoms with Crippen molar-refractivity contribution in [1.82, 2.24) is 15.1 Å². The summed E-state index contributed by atoms with van der Waals surface area (Å²) in [6.45, 7) is 6.21. The first kappa shape index (κ1) is 19.8. The van der Waals surface area contributed by atoms with Gasteiger partial charge >= 0.3 is 0 Å². The summed E-state index contributed by atoms with van der Waals surface area (Å²) in [6.07, 6.45) is 1.71. The Balaban J connectivity index is 1.75. The van der Waals surface area contributed by atoms with Gasteiger partial charge in [-0.2, -0.15) is 4.98 Å². The van der Waals surface area contributed by atoms with Crippen LogP contribution in [0.4, 0.5) is 0 Å². The number of carbonyl (C=O) groups excluding carboxylic acids is 1. The van der Waals surface area contributed by atoms with Gasteiger partial charge in [-0.25, -0.2) is 4.98 Å². The molecule has 2 aromatic heterocycles. The zero-order valence-corrected chi connectivity index (χ0v) is 16.7. The summed E-state index contributed by atoms with van der Waals surface area (Å²) in [7, 11) is 0. The second-order valence-electron chi connectivity index (χ2n) is 7.38. The lowest BCUT2D eigenvalue weighted by Crippen LogP contribution is -2.15. The van der Waals surface area contributed by atoms with Crippen LogP contribution in [-0.2, 0) is 23.2 Å². The molecule has 0 aliphatic heterocycles. The minimum absolute atomic E-state index is 0.146. The van der Waals surface area contributed by atoms with E-state index in [0.29, 0.717) is 22.3 Å². The van der Waals surface area contributed by atoms with Crippen LogP contribution < -0.4 is 10.5 Å². The van der Waals surface area contributed by atoms with E-state index in [9.17, 15) is 4.79 Å². The van der Waals surface area contributed by atoms with Crippen LogP contribution >= 0.6 is 11.6 Å². The molecule has 0 bridgehead atoms. The topological polar surface area (TPSA) is 104 Å². The number of aromatic nitrogens is 3. The lowest BCUT2D eigenvalue weighted by Gasteiger charge is -2.11. The third-order valence-corrected chi connectivity index (χ3v) is 4.27. The molecule has 2 N–H and O–H groups in total. The third-order valence-electron chi connectivity index (χ3n) is 4.00. The van der Waals surface area contributed by atoms with E-state index in [-0.39, 0.29) is 24.3 Å². The van der Waals surface area contributed by atoms with Crippen LogP contribution in [0.3, 0.4) is 0 Å². The van der Waals surface area contributed by atoms with Crippen LogP contribution in [0.25, 0.3) is 11.5 Å². The number of pyridine rings is 1. The maximum atomic E-state index is 11.2. The Morgan fingerprint density at radius 3 is 2.57 bits per heavy atom. The highest BCUT2D eigenvalue weighted by Crippen LogP contribution is 2.29. The van der Waals surface area contributed by atoms with E-state index in [1.807, 2.05) is 45.0 Å². The van der Waals surface area contributed by atoms with Gasteiger partial charge in [0.1, 0.15) is 11.6 Å². The fraction of sp³-hybridized carbons (Fsp3) is 0.300. The summed E-state index contributed by atoms with van der Waals surface area (Å²) in [5.74, 6) is 0.819. The van der Waals surface area contributed by atoms with Crippen molar-refractivity contribution in [2.75, 3.05) is 0 Å². The quantitative estimate of drug-likeness (QED) is 0.676. The summed E-state index contributed by atoms with van der Waals surface area (Å²) < 4.78 is 11.0. The van der Waals surface area contributed by atoms with Gasteiger partial charge < -0.3 is 15.0 Å². The number of benzene rings is 1. The molecule has 146 valence electrons. The van der Waals surface area contributed by atoms with Gasteiger partial charge in [-0.15, -0.1) is 0 Å². The average molecular weight is 401 g/mol. The van der Waals surface area contributed by atoms with Gasteiger partial charge in [0.2, 0.25) is 11.8 Å². The molecule has 28 heavy (non-hydrogen) atoms. The Bertz CT molecular complexity index is 995. The van der Waals surface area contributed by atoms with E-state index >= 15 is 0 Å². The Labute approximate surface area is 167 Å². The van der Waals surface area contributed by atoms with Gasteiger partial charge in [-0.3, -0.25) is 4.79 Å². The van der Waals surface area contributed by atoms with Crippen molar-refractivity contribution in [1.29, 1.82) is 0 Å². The Morgan fingerprint density at radius 1 is 1.25 bits per heavy atom. The number of rotatable bonds is 6. The molecule has 0 aliphatic rings. The molecule has 0 aliphatic carbocycles. The fourth-order valence-electron chi connectivity index (χ4n) is 2.50. The molecular weight excluding hydrogens is 380 g/mol. The molecule has 2 heterocycles. The van der Waals surface area contributed by atoms with Crippen molar-refractivity contribution in [3.63, 3.8) is 0 Å². The van der Waals surface area contributed by atoms with Crippen LogP contribution in [-0.4, -0.2) is 21.0 Å². The van der Waals surface area contributed by atoms with Crippen molar-refractivity contribution >= 4 is 17.5 Å². The maximum absolute atomic E-state index is 11.2. The molecule has 1 aromatic carbocycles. The van der Waals surface area contributed by atoms with E-state index < -0.39 is 5.91 Å². The van der Waals surface area contributed by atoms with E-state index in [4.69, 9.17) is 26.6 Å². The molecule has 3 aromatic rings. The van der Waals surface area contributed by atoms with Crippen LogP contribution in [0.5, 0.6) is 5.88 Å². The summed E-state index contributed by atoms with van der Waals surface area (Å²) in [5, 5.41) is 4.32. The lowest BCUT2D eigenvalue weighted by atomic mass is 9.96. The van der Waals surface area contributed by atoms with Gasteiger partial charge in [-0.05, 0) is 17.2 Å². The number of hydrogen-bond donors (Lipinski definition) is 1. The standard InChI is InChI=1S/C20H21ClN4O3/c1-20(2,3)19-24-17(28-25-19)14-8-15(21)18(23-10-14)27-11-13-7-5-4-6-12(13)9-16(22)26/h4-8,10H,9,11H2,1-3H3,(H2,22,26). The first-order valence-corrected chi connectivity index (χ1v) is 9.10. The summed E-state index contributed by atoms with van der Waals surface area (Å²) in [5.41, 5.74) is 7.33. The van der Waals surface area contributed by atoms with Crippen LogP contribution in [0.15, 0.2) is 41.1 Å². The zero-order chi connectivity index (χ0) is 20.3. The number of amides is 1. The molecule has 0 fully saturated rings. The second-order valence-corrected chi connectivity index (χ2v) is 7.79. The molecule has 8 heteroatoms. The van der Waals surface area contributed by atoms with E-state index in [2.05, 4.69) is 15.1 Å². The smallest absolute Gasteiger partial charge is 0.259 e. The van der Waals surface area contributed by atoms with Gasteiger partial charge in [0, 0.05) is 11.6 Å². The largest absolute Gasteiger partial charge is 0.472 e. The van der Waals surface area contributed by atoms with Crippen molar-refractivity contribution < 1.29 is 14.1 Å². The van der Waals surface area contributed by atoms with E-state index in [1.165, 1.54) is 0 Å². The second kappa shape index (κ2) is 7.98. The molecule has 0 saturated carbocycles. The fourth-order valence-corrected chi connectivity index (χ4v) is 2.72. The predicted molar refractivity (Wildman–Crippen MR) is 105 cm³/mol. The predicted octanol–water partition coefficient (Wildman–Crippen LogP) is 3.69. The van der Waals surface area contributed by atoms with Crippen molar-refractivity contribution in [2.24, 2.45) is 5.73 Å². The van der Waals surface area contributed by atoms with Gasteiger partial charge in [0.05, 0.1) is 12.0 Å². The number of nitrogens with zero attached hydrogens (tertiary/aromatic N) is 3. The lowest BCUT2D eigenvalue weighted by molar-refractivity contribution is -0.117. The molecular formula is C20H21ClN4O3.